The van der Waals surface area contributed by atoms with Crippen molar-refractivity contribution >= 4 is 35.0 Å². The molecule has 3 aromatic rings. The van der Waals surface area contributed by atoms with Crippen LogP contribution in [0.4, 0.5) is 15.8 Å². The van der Waals surface area contributed by atoms with Crippen LogP contribution in [0.15, 0.2) is 66.7 Å². The van der Waals surface area contributed by atoms with Gasteiger partial charge in [-0.25, -0.2) is 4.39 Å². The molecule has 2 amide bonds. The second-order valence-corrected chi connectivity index (χ2v) is 7.71. The molecule has 0 atom stereocenters. The van der Waals surface area contributed by atoms with Crippen molar-refractivity contribution < 1.29 is 19.1 Å². The van der Waals surface area contributed by atoms with Gasteiger partial charge in [-0.15, -0.1) is 11.8 Å². The summed E-state index contributed by atoms with van der Waals surface area (Å²) in [5, 5.41) is 15.3. The van der Waals surface area contributed by atoms with Crippen molar-refractivity contribution in [3.8, 4) is 5.75 Å². The van der Waals surface area contributed by atoms with E-state index in [9.17, 15) is 19.1 Å². The van der Waals surface area contributed by atoms with Crippen LogP contribution in [-0.2, 0) is 10.5 Å². The zero-order valence-electron chi connectivity index (χ0n) is 16.3. The van der Waals surface area contributed by atoms with Crippen molar-refractivity contribution in [1.29, 1.82) is 0 Å². The van der Waals surface area contributed by atoms with Gasteiger partial charge in [-0.1, -0.05) is 18.2 Å². The first-order valence-corrected chi connectivity index (χ1v) is 10.4. The monoisotopic (exact) mass is 424 g/mol. The minimum Gasteiger partial charge on any atom is -0.506 e. The molecular formula is C23H21FN2O3S. The Morgan fingerprint density at radius 2 is 1.67 bits per heavy atom. The largest absolute Gasteiger partial charge is 0.506 e. The topological polar surface area (TPSA) is 78.4 Å². The summed E-state index contributed by atoms with van der Waals surface area (Å²) < 4.78 is 12.9. The minimum absolute atomic E-state index is 0.0147. The van der Waals surface area contributed by atoms with Crippen LogP contribution in [0.1, 0.15) is 21.5 Å². The molecule has 3 aromatic carbocycles. The SMILES string of the molecule is Cc1ccc(O)c(NC(=O)c2ccc(CSCC(=O)Nc3ccc(F)cc3)cc2)c1. The molecule has 154 valence electrons. The number of thioether (sulfide) groups is 1. The normalized spacial score (nSPS) is 10.5. The summed E-state index contributed by atoms with van der Waals surface area (Å²) in [6.45, 7) is 1.88. The van der Waals surface area contributed by atoms with Gasteiger partial charge in [0.15, 0.2) is 0 Å². The number of hydrogen-bond acceptors (Lipinski definition) is 4. The maximum Gasteiger partial charge on any atom is 0.255 e. The lowest BCUT2D eigenvalue weighted by Crippen LogP contribution is -2.14. The van der Waals surface area contributed by atoms with Crippen molar-refractivity contribution in [2.24, 2.45) is 0 Å². The van der Waals surface area contributed by atoms with Gasteiger partial charge in [0.1, 0.15) is 11.6 Å². The standard InChI is InChI=1S/C23H21FN2O3S/c1-15-2-11-21(27)20(12-15)26-23(29)17-5-3-16(4-6-17)13-30-14-22(28)25-19-9-7-18(24)8-10-19/h2-12,27H,13-14H2,1H3,(H,25,28)(H,26,29). The predicted octanol–water partition coefficient (Wildman–Crippen LogP) is 4.96. The molecule has 3 N–H and O–H groups in total. The summed E-state index contributed by atoms with van der Waals surface area (Å²) in [6.07, 6.45) is 0. The van der Waals surface area contributed by atoms with Gasteiger partial charge in [0, 0.05) is 17.0 Å². The van der Waals surface area contributed by atoms with Gasteiger partial charge in [-0.3, -0.25) is 9.59 Å². The number of halogens is 1. The van der Waals surface area contributed by atoms with Gasteiger partial charge in [0.2, 0.25) is 5.91 Å². The van der Waals surface area contributed by atoms with Crippen LogP contribution in [0.2, 0.25) is 0 Å². The predicted molar refractivity (Wildman–Crippen MR) is 118 cm³/mol. The van der Waals surface area contributed by atoms with Crippen LogP contribution >= 0.6 is 11.8 Å². The second kappa shape index (κ2) is 9.93. The molecule has 0 unspecified atom stereocenters. The molecule has 0 fully saturated rings. The van der Waals surface area contributed by atoms with Crippen LogP contribution in [0, 0.1) is 12.7 Å². The van der Waals surface area contributed by atoms with Gasteiger partial charge < -0.3 is 15.7 Å². The Bertz CT molecular complexity index is 1040. The molecule has 0 bridgehead atoms. The fourth-order valence-electron chi connectivity index (χ4n) is 2.69. The Balaban J connectivity index is 1.48. The summed E-state index contributed by atoms with van der Waals surface area (Å²) in [7, 11) is 0. The van der Waals surface area contributed by atoms with Gasteiger partial charge >= 0.3 is 0 Å². The molecule has 0 aliphatic carbocycles. The summed E-state index contributed by atoms with van der Waals surface area (Å²) in [6, 6.07) is 17.7. The van der Waals surface area contributed by atoms with Gasteiger partial charge in [-0.2, -0.15) is 0 Å². The molecule has 0 saturated carbocycles. The average molecular weight is 424 g/mol. The first-order chi connectivity index (χ1) is 14.4. The number of anilines is 2. The van der Waals surface area contributed by atoms with Crippen LogP contribution in [0.3, 0.4) is 0 Å². The first-order valence-electron chi connectivity index (χ1n) is 9.24. The molecule has 0 spiro atoms. The van der Waals surface area contributed by atoms with E-state index >= 15 is 0 Å². The number of phenols is 1. The van der Waals surface area contributed by atoms with E-state index in [0.29, 0.717) is 22.7 Å². The number of amides is 2. The number of hydrogen-bond donors (Lipinski definition) is 3. The Hall–Kier alpha value is -3.32. The van der Waals surface area contributed by atoms with E-state index < -0.39 is 0 Å². The van der Waals surface area contributed by atoms with E-state index in [0.717, 1.165) is 11.1 Å². The highest BCUT2D eigenvalue weighted by molar-refractivity contribution is 7.99. The smallest absolute Gasteiger partial charge is 0.255 e. The molecule has 0 saturated heterocycles. The van der Waals surface area contributed by atoms with Crippen LogP contribution in [0.5, 0.6) is 5.75 Å². The lowest BCUT2D eigenvalue weighted by molar-refractivity contribution is -0.113. The van der Waals surface area contributed by atoms with Crippen LogP contribution in [0.25, 0.3) is 0 Å². The van der Waals surface area contributed by atoms with Crippen molar-refractivity contribution in [2.75, 3.05) is 16.4 Å². The lowest BCUT2D eigenvalue weighted by Gasteiger charge is -2.09. The maximum atomic E-state index is 12.9. The number of phenolic OH excluding ortho intramolecular Hbond substituents is 1. The molecule has 7 heteroatoms. The average Bonchev–Trinajstić information content (AvgIpc) is 2.73. The summed E-state index contributed by atoms with van der Waals surface area (Å²) in [4.78, 5) is 24.3. The van der Waals surface area contributed by atoms with E-state index in [2.05, 4.69) is 10.6 Å². The van der Waals surface area contributed by atoms with Crippen molar-refractivity contribution in [2.45, 2.75) is 12.7 Å². The number of nitrogens with one attached hydrogen (secondary N) is 2. The van der Waals surface area contributed by atoms with E-state index in [-0.39, 0.29) is 29.1 Å². The third-order valence-electron chi connectivity index (χ3n) is 4.25. The third kappa shape index (κ3) is 6.09. The van der Waals surface area contributed by atoms with Crippen LogP contribution in [-0.4, -0.2) is 22.7 Å². The highest BCUT2D eigenvalue weighted by atomic mass is 32.2. The first kappa shape index (κ1) is 21.4. The molecule has 0 aliphatic heterocycles. The van der Waals surface area contributed by atoms with Crippen LogP contribution < -0.4 is 10.6 Å². The Kier molecular flexibility index (Phi) is 7.08. The van der Waals surface area contributed by atoms with E-state index in [1.807, 2.05) is 19.1 Å². The Morgan fingerprint density at radius 3 is 2.37 bits per heavy atom. The fourth-order valence-corrected chi connectivity index (χ4v) is 3.48. The number of rotatable bonds is 7. The van der Waals surface area contributed by atoms with E-state index in [1.165, 1.54) is 42.1 Å². The van der Waals surface area contributed by atoms with Gasteiger partial charge in [0.25, 0.3) is 5.91 Å². The number of carbonyl (C=O) groups excluding carboxylic acids is 2. The Labute approximate surface area is 178 Å². The molecule has 5 nitrogen and oxygen atoms in total. The molecule has 30 heavy (non-hydrogen) atoms. The zero-order valence-corrected chi connectivity index (χ0v) is 17.1. The number of aromatic hydroxyl groups is 1. The molecule has 0 radical (unpaired) electrons. The zero-order chi connectivity index (χ0) is 21.5. The van der Waals surface area contributed by atoms with Crippen molar-refractivity contribution in [1.82, 2.24) is 0 Å². The number of benzene rings is 3. The molecule has 0 aliphatic rings. The molecule has 3 rings (SSSR count). The fraction of sp³-hybridized carbons (Fsp3) is 0.130. The molecule has 0 heterocycles. The van der Waals surface area contributed by atoms with E-state index in [1.54, 1.807) is 24.3 Å². The summed E-state index contributed by atoms with van der Waals surface area (Å²) in [5.74, 6) is 0.0503. The highest BCUT2D eigenvalue weighted by Crippen LogP contribution is 2.24. The number of aryl methyl sites for hydroxylation is 1. The number of carbonyl (C=O) groups is 2. The lowest BCUT2D eigenvalue weighted by atomic mass is 10.1. The minimum atomic E-state index is -0.352. The highest BCUT2D eigenvalue weighted by Gasteiger charge is 2.10. The quantitative estimate of drug-likeness (QED) is 0.468. The second-order valence-electron chi connectivity index (χ2n) is 6.72. The van der Waals surface area contributed by atoms with Crippen molar-refractivity contribution in [3.05, 3.63) is 89.2 Å². The van der Waals surface area contributed by atoms with Crippen molar-refractivity contribution in [3.63, 3.8) is 0 Å². The van der Waals surface area contributed by atoms with Gasteiger partial charge in [-0.05, 0) is 66.6 Å². The summed E-state index contributed by atoms with van der Waals surface area (Å²) in [5.41, 5.74) is 3.30. The maximum absolute atomic E-state index is 12.9. The molecular weight excluding hydrogens is 403 g/mol. The van der Waals surface area contributed by atoms with E-state index in [4.69, 9.17) is 0 Å². The van der Waals surface area contributed by atoms with Gasteiger partial charge in [0.05, 0.1) is 11.4 Å². The third-order valence-corrected chi connectivity index (χ3v) is 5.25. The Morgan fingerprint density at radius 1 is 0.967 bits per heavy atom. The molecule has 0 aromatic heterocycles. The summed E-state index contributed by atoms with van der Waals surface area (Å²) >= 11 is 1.44.